The number of fused-ring (bicyclic) bond motifs is 1. The topological polar surface area (TPSA) is 47.0 Å². The van der Waals surface area contributed by atoms with Crippen molar-refractivity contribution < 1.29 is 4.74 Å². The van der Waals surface area contributed by atoms with Gasteiger partial charge in [0.05, 0.1) is 6.10 Å². The first-order chi connectivity index (χ1) is 8.50. The maximum absolute atomic E-state index is 5.81. The third-order valence-electron chi connectivity index (χ3n) is 4.34. The monoisotopic (exact) mass is 267 g/mol. The van der Waals surface area contributed by atoms with Crippen LogP contribution >= 0.6 is 11.5 Å². The highest BCUT2D eigenvalue weighted by Gasteiger charge is 2.59. The van der Waals surface area contributed by atoms with Crippen molar-refractivity contribution >= 4 is 16.7 Å². The van der Waals surface area contributed by atoms with E-state index in [1.807, 2.05) is 0 Å². The number of anilines is 1. The van der Waals surface area contributed by atoms with E-state index in [-0.39, 0.29) is 5.41 Å². The number of nitrogens with one attached hydrogen (secondary N) is 1. The van der Waals surface area contributed by atoms with Crippen LogP contribution < -0.4 is 5.32 Å². The third kappa shape index (κ3) is 1.75. The van der Waals surface area contributed by atoms with E-state index in [1.165, 1.54) is 18.0 Å². The molecular weight excluding hydrogens is 246 g/mol. The van der Waals surface area contributed by atoms with Crippen LogP contribution in [0.3, 0.4) is 0 Å². The Hall–Kier alpha value is -0.680. The minimum atomic E-state index is 0.199. The highest BCUT2D eigenvalue weighted by Crippen LogP contribution is 2.53. The molecule has 18 heavy (non-hydrogen) atoms. The molecule has 2 heterocycles. The predicted molar refractivity (Wildman–Crippen MR) is 73.0 cm³/mol. The maximum atomic E-state index is 5.81. The molecule has 0 spiro atoms. The quantitative estimate of drug-likeness (QED) is 0.914. The number of hydrogen-bond donors (Lipinski definition) is 1. The predicted octanol–water partition coefficient (Wildman–Crippen LogP) is 2.89. The van der Waals surface area contributed by atoms with Gasteiger partial charge in [0.2, 0.25) is 5.13 Å². The van der Waals surface area contributed by atoms with Gasteiger partial charge in [-0.25, -0.2) is 4.98 Å². The molecule has 5 heteroatoms. The lowest BCUT2D eigenvalue weighted by Crippen LogP contribution is -2.63. The Labute approximate surface area is 112 Å². The summed E-state index contributed by atoms with van der Waals surface area (Å²) in [6.07, 6.45) is 1.59. The van der Waals surface area contributed by atoms with Gasteiger partial charge in [0.25, 0.3) is 0 Å². The van der Waals surface area contributed by atoms with Crippen LogP contribution in [0.4, 0.5) is 5.13 Å². The molecule has 1 aliphatic carbocycles. The van der Waals surface area contributed by atoms with Gasteiger partial charge in [-0.2, -0.15) is 4.37 Å². The van der Waals surface area contributed by atoms with Crippen molar-refractivity contribution in [1.82, 2.24) is 9.36 Å². The average molecular weight is 267 g/mol. The van der Waals surface area contributed by atoms with Gasteiger partial charge < -0.3 is 10.1 Å². The molecule has 1 N–H and O–H groups in total. The first-order valence-electron chi connectivity index (χ1n) is 6.72. The van der Waals surface area contributed by atoms with Gasteiger partial charge in [-0.1, -0.05) is 27.7 Å². The summed E-state index contributed by atoms with van der Waals surface area (Å²) < 4.78 is 10.2. The first-order valence-corrected chi connectivity index (χ1v) is 7.49. The molecule has 0 radical (unpaired) electrons. The van der Waals surface area contributed by atoms with Crippen molar-refractivity contribution in [2.24, 2.45) is 11.3 Å². The first kappa shape index (κ1) is 12.4. The summed E-state index contributed by atoms with van der Waals surface area (Å²) in [6.45, 7) is 9.72. The van der Waals surface area contributed by atoms with Crippen LogP contribution in [0.2, 0.25) is 0 Å². The Kier molecular flexibility index (Phi) is 2.86. The summed E-state index contributed by atoms with van der Waals surface area (Å²) >= 11 is 1.48. The van der Waals surface area contributed by atoms with Crippen molar-refractivity contribution in [3.05, 3.63) is 5.82 Å². The molecule has 1 aliphatic heterocycles. The van der Waals surface area contributed by atoms with Crippen LogP contribution in [0.1, 0.15) is 45.9 Å². The maximum Gasteiger partial charge on any atom is 0.202 e. The molecule has 1 aromatic rings. The second kappa shape index (κ2) is 4.17. The summed E-state index contributed by atoms with van der Waals surface area (Å²) in [6, 6.07) is 0.470. The zero-order valence-corrected chi connectivity index (χ0v) is 12.3. The Morgan fingerprint density at radius 1 is 1.44 bits per heavy atom. The molecule has 1 saturated heterocycles. The van der Waals surface area contributed by atoms with Crippen molar-refractivity contribution in [3.8, 4) is 0 Å². The molecular formula is C13H21N3OS. The van der Waals surface area contributed by atoms with Gasteiger partial charge in [0.1, 0.15) is 5.82 Å². The zero-order chi connectivity index (χ0) is 12.9. The smallest absolute Gasteiger partial charge is 0.202 e. The minimum absolute atomic E-state index is 0.199. The summed E-state index contributed by atoms with van der Waals surface area (Å²) in [7, 11) is 0. The number of rotatable bonds is 3. The van der Waals surface area contributed by atoms with Gasteiger partial charge >= 0.3 is 0 Å². The van der Waals surface area contributed by atoms with E-state index >= 15 is 0 Å². The Morgan fingerprint density at radius 3 is 2.89 bits per heavy atom. The molecule has 0 bridgehead atoms. The zero-order valence-electron chi connectivity index (χ0n) is 11.4. The van der Waals surface area contributed by atoms with Crippen LogP contribution in [-0.2, 0) is 4.74 Å². The van der Waals surface area contributed by atoms with Crippen LogP contribution in [0, 0.1) is 11.3 Å². The lowest BCUT2D eigenvalue weighted by Gasteiger charge is -2.54. The number of hydrogen-bond acceptors (Lipinski definition) is 5. The number of nitrogens with zero attached hydrogens (tertiary/aromatic N) is 2. The van der Waals surface area contributed by atoms with E-state index in [4.69, 9.17) is 4.74 Å². The third-order valence-corrected chi connectivity index (χ3v) is 5.00. The summed E-state index contributed by atoms with van der Waals surface area (Å²) in [5.74, 6) is 1.99. The van der Waals surface area contributed by atoms with Gasteiger partial charge in [0, 0.05) is 41.4 Å². The largest absolute Gasteiger partial charge is 0.377 e. The summed E-state index contributed by atoms with van der Waals surface area (Å²) in [5, 5.41) is 4.54. The molecule has 1 saturated carbocycles. The molecule has 3 rings (SSSR count). The Bertz CT molecular complexity index is 443. The van der Waals surface area contributed by atoms with Crippen molar-refractivity contribution in [1.29, 1.82) is 0 Å². The number of ether oxygens (including phenoxy) is 1. The molecule has 100 valence electrons. The number of aromatic nitrogens is 2. The SMILES string of the molecule is CC(C)c1nsc(N[C@@H]2[C@@H]3CCO[C@@H]3C2(C)C)n1. The normalized spacial score (nSPS) is 33.3. The van der Waals surface area contributed by atoms with Gasteiger partial charge in [-0.15, -0.1) is 0 Å². The van der Waals surface area contributed by atoms with Crippen molar-refractivity contribution in [3.63, 3.8) is 0 Å². The lowest BCUT2D eigenvalue weighted by molar-refractivity contribution is -0.0923. The highest BCUT2D eigenvalue weighted by molar-refractivity contribution is 7.09. The highest BCUT2D eigenvalue weighted by atomic mass is 32.1. The fourth-order valence-corrected chi connectivity index (χ4v) is 4.02. The molecule has 3 atom stereocenters. The second-order valence-electron chi connectivity index (χ2n) is 6.30. The summed E-state index contributed by atoms with van der Waals surface area (Å²) in [5.41, 5.74) is 0.199. The lowest BCUT2D eigenvalue weighted by atomic mass is 9.57. The van der Waals surface area contributed by atoms with Gasteiger partial charge in [-0.3, -0.25) is 0 Å². The molecule has 2 aliphatic rings. The van der Waals surface area contributed by atoms with Crippen molar-refractivity contribution in [2.45, 2.75) is 52.2 Å². The molecule has 0 aromatic carbocycles. The fourth-order valence-electron chi connectivity index (χ4n) is 3.28. The van der Waals surface area contributed by atoms with Crippen LogP contribution in [0.5, 0.6) is 0 Å². The Balaban J connectivity index is 1.72. The van der Waals surface area contributed by atoms with E-state index < -0.39 is 0 Å². The second-order valence-corrected chi connectivity index (χ2v) is 7.05. The van der Waals surface area contributed by atoms with E-state index in [9.17, 15) is 0 Å². The van der Waals surface area contributed by atoms with Crippen LogP contribution in [0.15, 0.2) is 0 Å². The van der Waals surface area contributed by atoms with Crippen LogP contribution in [-0.4, -0.2) is 28.1 Å². The Morgan fingerprint density at radius 2 is 2.22 bits per heavy atom. The van der Waals surface area contributed by atoms with E-state index in [0.29, 0.717) is 24.0 Å². The summed E-state index contributed by atoms with van der Waals surface area (Å²) in [4.78, 5) is 4.57. The molecule has 0 amide bonds. The van der Waals surface area contributed by atoms with E-state index in [0.717, 1.165) is 17.6 Å². The fraction of sp³-hybridized carbons (Fsp3) is 0.846. The standard InChI is InChI=1S/C13H21N3OS/c1-7(2)11-15-12(18-16-11)14-9-8-5-6-17-10(8)13(9,3)4/h7-10H,5-6H2,1-4H3,(H,14,15,16)/t8-,9+,10-/m0/s1. The van der Waals surface area contributed by atoms with E-state index in [1.54, 1.807) is 0 Å². The van der Waals surface area contributed by atoms with Crippen LogP contribution in [0.25, 0.3) is 0 Å². The molecule has 0 unspecified atom stereocenters. The van der Waals surface area contributed by atoms with Gasteiger partial charge in [0.15, 0.2) is 0 Å². The molecule has 4 nitrogen and oxygen atoms in total. The molecule has 2 fully saturated rings. The minimum Gasteiger partial charge on any atom is -0.377 e. The van der Waals surface area contributed by atoms with E-state index in [2.05, 4.69) is 42.4 Å². The molecule has 1 aromatic heterocycles. The van der Waals surface area contributed by atoms with Gasteiger partial charge in [-0.05, 0) is 6.42 Å². The average Bonchev–Trinajstić information content (AvgIpc) is 2.94. The van der Waals surface area contributed by atoms with Crippen molar-refractivity contribution in [2.75, 3.05) is 11.9 Å².